The highest BCUT2D eigenvalue weighted by Crippen LogP contribution is 2.61. The largest absolute Gasteiger partial charge is 0.375 e. The zero-order valence-electron chi connectivity index (χ0n) is 11.6. The fourth-order valence-electron chi connectivity index (χ4n) is 5.28. The van der Waals surface area contributed by atoms with E-state index in [0.29, 0.717) is 11.5 Å². The third kappa shape index (κ3) is 2.07. The van der Waals surface area contributed by atoms with E-state index in [1.54, 1.807) is 7.11 Å². The second kappa shape index (κ2) is 4.52. The number of nitrogens with one attached hydrogen (secondary N) is 1. The molecular formula is C15H25NO2. The SMILES string of the molecule is COCC(=O)N[C@@H](C)C12CC3CC(CC(C3)C1)C2. The molecule has 0 aromatic rings. The van der Waals surface area contributed by atoms with E-state index in [9.17, 15) is 4.79 Å². The molecule has 4 bridgehead atoms. The molecule has 4 aliphatic carbocycles. The van der Waals surface area contributed by atoms with Crippen molar-refractivity contribution in [2.45, 2.75) is 51.5 Å². The lowest BCUT2D eigenvalue weighted by Gasteiger charge is -2.59. The maximum Gasteiger partial charge on any atom is 0.246 e. The fraction of sp³-hybridized carbons (Fsp3) is 0.933. The highest BCUT2D eigenvalue weighted by Gasteiger charge is 2.53. The van der Waals surface area contributed by atoms with Crippen LogP contribution in [0.2, 0.25) is 0 Å². The predicted molar refractivity (Wildman–Crippen MR) is 70.1 cm³/mol. The molecule has 4 fully saturated rings. The Morgan fingerprint density at radius 1 is 1.22 bits per heavy atom. The standard InChI is InChI=1S/C15H25NO2/c1-10(16-14(17)9-18-2)15-6-11-3-12(7-15)5-13(4-11)8-15/h10-13H,3-9H2,1-2H3,(H,16,17)/t10-,11?,12?,13?,15?/m0/s1. The van der Waals surface area contributed by atoms with Crippen molar-refractivity contribution in [1.29, 1.82) is 0 Å². The number of rotatable bonds is 4. The van der Waals surface area contributed by atoms with Gasteiger partial charge in [-0.15, -0.1) is 0 Å². The second-order valence-corrected chi connectivity index (χ2v) is 7.00. The molecule has 0 unspecified atom stereocenters. The first kappa shape index (κ1) is 12.5. The van der Waals surface area contributed by atoms with E-state index in [-0.39, 0.29) is 12.5 Å². The van der Waals surface area contributed by atoms with E-state index in [1.165, 1.54) is 38.5 Å². The zero-order valence-corrected chi connectivity index (χ0v) is 11.6. The van der Waals surface area contributed by atoms with Crippen molar-refractivity contribution < 1.29 is 9.53 Å². The van der Waals surface area contributed by atoms with Crippen LogP contribution in [-0.2, 0) is 9.53 Å². The summed E-state index contributed by atoms with van der Waals surface area (Å²) in [5.41, 5.74) is 0.401. The Morgan fingerprint density at radius 2 is 1.72 bits per heavy atom. The van der Waals surface area contributed by atoms with Crippen LogP contribution in [0.5, 0.6) is 0 Å². The van der Waals surface area contributed by atoms with Gasteiger partial charge in [-0.25, -0.2) is 0 Å². The van der Waals surface area contributed by atoms with Crippen LogP contribution < -0.4 is 5.32 Å². The summed E-state index contributed by atoms with van der Waals surface area (Å²) in [6, 6.07) is 0.313. The summed E-state index contributed by atoms with van der Waals surface area (Å²) < 4.78 is 4.91. The molecule has 0 aliphatic heterocycles. The summed E-state index contributed by atoms with van der Waals surface area (Å²) in [5, 5.41) is 3.17. The monoisotopic (exact) mass is 251 g/mol. The third-order valence-electron chi connectivity index (χ3n) is 5.66. The molecule has 1 atom stereocenters. The zero-order chi connectivity index (χ0) is 12.8. The smallest absolute Gasteiger partial charge is 0.246 e. The van der Waals surface area contributed by atoms with Crippen LogP contribution in [0.1, 0.15) is 45.4 Å². The topological polar surface area (TPSA) is 38.3 Å². The van der Waals surface area contributed by atoms with E-state index in [4.69, 9.17) is 4.74 Å². The number of carbonyl (C=O) groups is 1. The molecule has 0 saturated heterocycles. The maximum atomic E-state index is 11.7. The summed E-state index contributed by atoms with van der Waals surface area (Å²) in [4.78, 5) is 11.7. The number of amides is 1. The molecule has 4 saturated carbocycles. The number of hydrogen-bond acceptors (Lipinski definition) is 2. The Labute approximate surface area is 110 Å². The number of methoxy groups -OCH3 is 1. The van der Waals surface area contributed by atoms with E-state index in [2.05, 4.69) is 12.2 Å². The lowest BCUT2D eigenvalue weighted by Crippen LogP contribution is -2.56. The van der Waals surface area contributed by atoms with Gasteiger partial charge in [-0.2, -0.15) is 0 Å². The minimum Gasteiger partial charge on any atom is -0.375 e. The van der Waals surface area contributed by atoms with Crippen LogP contribution >= 0.6 is 0 Å². The van der Waals surface area contributed by atoms with Crippen molar-refractivity contribution in [3.05, 3.63) is 0 Å². The lowest BCUT2D eigenvalue weighted by atomic mass is 9.48. The van der Waals surface area contributed by atoms with Crippen LogP contribution in [0.3, 0.4) is 0 Å². The fourth-order valence-corrected chi connectivity index (χ4v) is 5.28. The molecule has 0 heterocycles. The molecule has 4 aliphatic rings. The molecule has 18 heavy (non-hydrogen) atoms. The average Bonchev–Trinajstić information content (AvgIpc) is 2.27. The first-order valence-electron chi connectivity index (χ1n) is 7.39. The number of hydrogen-bond donors (Lipinski definition) is 1. The van der Waals surface area contributed by atoms with E-state index in [0.717, 1.165) is 17.8 Å². The molecule has 1 N–H and O–H groups in total. The Hall–Kier alpha value is -0.570. The molecule has 0 aromatic heterocycles. The van der Waals surface area contributed by atoms with Crippen LogP contribution in [0.4, 0.5) is 0 Å². The Morgan fingerprint density at radius 3 is 2.17 bits per heavy atom. The summed E-state index contributed by atoms with van der Waals surface area (Å²) in [6.07, 6.45) is 8.39. The van der Waals surface area contributed by atoms with Gasteiger partial charge in [0.05, 0.1) is 0 Å². The van der Waals surface area contributed by atoms with Crippen LogP contribution in [0.15, 0.2) is 0 Å². The van der Waals surface area contributed by atoms with Crippen molar-refractivity contribution in [2.24, 2.45) is 23.2 Å². The Balaban J connectivity index is 1.69. The van der Waals surface area contributed by atoms with Crippen LogP contribution in [-0.4, -0.2) is 25.7 Å². The van der Waals surface area contributed by atoms with Crippen LogP contribution in [0, 0.1) is 23.2 Å². The molecule has 0 radical (unpaired) electrons. The van der Waals surface area contributed by atoms with E-state index in [1.807, 2.05) is 0 Å². The van der Waals surface area contributed by atoms with Crippen molar-refractivity contribution in [3.8, 4) is 0 Å². The molecular weight excluding hydrogens is 226 g/mol. The lowest BCUT2D eigenvalue weighted by molar-refractivity contribution is -0.129. The summed E-state index contributed by atoms with van der Waals surface area (Å²) in [5.74, 6) is 2.87. The Bertz CT molecular complexity index is 304. The average molecular weight is 251 g/mol. The van der Waals surface area contributed by atoms with Gasteiger partial charge in [-0.05, 0) is 68.6 Å². The summed E-state index contributed by atoms with van der Waals surface area (Å²) in [6.45, 7) is 2.40. The van der Waals surface area contributed by atoms with Crippen molar-refractivity contribution >= 4 is 5.91 Å². The first-order chi connectivity index (χ1) is 8.61. The van der Waals surface area contributed by atoms with Gasteiger partial charge in [0.15, 0.2) is 0 Å². The van der Waals surface area contributed by atoms with Gasteiger partial charge in [0.25, 0.3) is 0 Å². The van der Waals surface area contributed by atoms with E-state index < -0.39 is 0 Å². The van der Waals surface area contributed by atoms with Gasteiger partial charge in [0.2, 0.25) is 5.91 Å². The summed E-state index contributed by atoms with van der Waals surface area (Å²) in [7, 11) is 1.58. The minimum atomic E-state index is 0.0424. The molecule has 3 nitrogen and oxygen atoms in total. The highest BCUT2D eigenvalue weighted by molar-refractivity contribution is 5.77. The molecule has 4 rings (SSSR count). The molecule has 102 valence electrons. The molecule has 1 amide bonds. The van der Waals surface area contributed by atoms with Crippen molar-refractivity contribution in [1.82, 2.24) is 5.32 Å². The molecule has 0 spiro atoms. The third-order valence-corrected chi connectivity index (χ3v) is 5.66. The molecule has 0 aromatic carbocycles. The predicted octanol–water partition coefficient (Wildman–Crippen LogP) is 2.35. The summed E-state index contributed by atoms with van der Waals surface area (Å²) >= 11 is 0. The first-order valence-corrected chi connectivity index (χ1v) is 7.39. The normalized spacial score (nSPS) is 42.9. The van der Waals surface area contributed by atoms with Gasteiger partial charge >= 0.3 is 0 Å². The number of ether oxygens (including phenoxy) is 1. The minimum absolute atomic E-state index is 0.0424. The van der Waals surface area contributed by atoms with Gasteiger partial charge in [-0.1, -0.05) is 0 Å². The highest BCUT2D eigenvalue weighted by atomic mass is 16.5. The van der Waals surface area contributed by atoms with E-state index >= 15 is 0 Å². The van der Waals surface area contributed by atoms with Gasteiger partial charge in [0.1, 0.15) is 6.61 Å². The van der Waals surface area contributed by atoms with Gasteiger partial charge < -0.3 is 10.1 Å². The van der Waals surface area contributed by atoms with Gasteiger partial charge in [0, 0.05) is 13.2 Å². The van der Waals surface area contributed by atoms with Crippen molar-refractivity contribution in [3.63, 3.8) is 0 Å². The van der Waals surface area contributed by atoms with Gasteiger partial charge in [-0.3, -0.25) is 4.79 Å². The number of carbonyl (C=O) groups excluding carboxylic acids is 1. The Kier molecular flexibility index (Phi) is 3.13. The quantitative estimate of drug-likeness (QED) is 0.833. The molecule has 3 heteroatoms. The van der Waals surface area contributed by atoms with Crippen LogP contribution in [0.25, 0.3) is 0 Å². The second-order valence-electron chi connectivity index (χ2n) is 7.00. The maximum absolute atomic E-state index is 11.7. The van der Waals surface area contributed by atoms with Crippen molar-refractivity contribution in [2.75, 3.05) is 13.7 Å².